The third-order valence-corrected chi connectivity index (χ3v) is 5.53. The molecule has 5 N–H and O–H groups in total. The summed E-state index contributed by atoms with van der Waals surface area (Å²) in [5, 5.41) is 17.9. The summed E-state index contributed by atoms with van der Waals surface area (Å²) in [4.78, 5) is 24.4. The van der Waals surface area contributed by atoms with E-state index >= 15 is 0 Å². The fourth-order valence-electron chi connectivity index (χ4n) is 4.22. The minimum Gasteiger partial charge on any atom is -0.483 e. The number of aromatic amines is 1. The molecule has 3 aromatic rings. The molecule has 3 rings (SSSR count). The lowest BCUT2D eigenvalue weighted by molar-refractivity contribution is -0.122. The number of aryl methyl sites for hydroxylation is 3. The second-order valence-corrected chi connectivity index (χ2v) is 10.2. The molecule has 0 aliphatic carbocycles. The molecule has 0 bridgehead atoms. The van der Waals surface area contributed by atoms with Crippen LogP contribution in [0.5, 0.6) is 0 Å². The van der Waals surface area contributed by atoms with Crippen molar-refractivity contribution in [3.63, 3.8) is 0 Å². The Morgan fingerprint density at radius 2 is 1.53 bits per heavy atom. The average Bonchev–Trinajstić information content (AvgIpc) is 2.76. The van der Waals surface area contributed by atoms with Crippen LogP contribution in [0.2, 0.25) is 0 Å². The summed E-state index contributed by atoms with van der Waals surface area (Å²) >= 11 is 0. The average molecular weight is 495 g/mol. The molecule has 1 aromatic heterocycles. The monoisotopic (exact) mass is 494 g/mol. The Morgan fingerprint density at radius 1 is 1.03 bits per heavy atom. The molecule has 0 fully saturated rings. The molecule has 2 aromatic carbocycles. The van der Waals surface area contributed by atoms with Crippen molar-refractivity contribution in [1.29, 1.82) is 0 Å². The Labute approximate surface area is 214 Å². The number of H-pyrrole nitrogens is 1. The minimum absolute atomic E-state index is 0.0782. The van der Waals surface area contributed by atoms with E-state index in [1.807, 2.05) is 6.08 Å². The highest BCUT2D eigenvalue weighted by Crippen LogP contribution is 2.34. The predicted molar refractivity (Wildman–Crippen MR) is 151 cm³/mol. The maximum Gasteiger partial charge on any atom is 0.290 e. The van der Waals surface area contributed by atoms with Gasteiger partial charge in [-0.2, -0.15) is 0 Å². The van der Waals surface area contributed by atoms with Gasteiger partial charge in [-0.1, -0.05) is 56.7 Å². The van der Waals surface area contributed by atoms with E-state index in [0.717, 1.165) is 33.7 Å². The number of carboxylic acid groups (broad SMARTS) is 1. The van der Waals surface area contributed by atoms with E-state index < -0.39 is 5.60 Å². The highest BCUT2D eigenvalue weighted by molar-refractivity contribution is 5.94. The maximum absolute atomic E-state index is 12.8. The van der Waals surface area contributed by atoms with Gasteiger partial charge in [0.25, 0.3) is 12.0 Å². The molecule has 0 saturated heterocycles. The highest BCUT2D eigenvalue weighted by Gasteiger charge is 2.17. The molecule has 6 heteroatoms. The van der Waals surface area contributed by atoms with Crippen molar-refractivity contribution in [1.82, 2.24) is 4.98 Å². The summed E-state index contributed by atoms with van der Waals surface area (Å²) in [5.41, 5.74) is 13.6. The second-order valence-electron chi connectivity index (χ2n) is 10.2. The molecular weight excluding hydrogens is 452 g/mol. The fourth-order valence-corrected chi connectivity index (χ4v) is 4.22. The van der Waals surface area contributed by atoms with E-state index in [2.05, 4.69) is 70.8 Å². The zero-order valence-electron chi connectivity index (χ0n) is 23.1. The van der Waals surface area contributed by atoms with E-state index in [1.165, 1.54) is 22.3 Å². The van der Waals surface area contributed by atoms with Gasteiger partial charge in [0.1, 0.15) is 0 Å². The standard InChI is InChI=1S/C25H30N2O.C4H10O.CH2O2/c1-7-19-16(5)24-23(17(6)22(19)18-10-8-15(4)9-11-18)21(13-26)20(12-14(2)3)25(28)27-24;1-4(2,3)5;2-1-3/h8-14H,7,26H2,1-6H3,(H,27,28);5H,1-3H3;1H,(H,2,3)/b20-12+,21-13+;;. The quantitative estimate of drug-likeness (QED) is 0.405. The Kier molecular flexibility index (Phi) is 11.1. The Hall–Kier alpha value is -3.38. The van der Waals surface area contributed by atoms with Crippen molar-refractivity contribution in [2.45, 2.75) is 74.3 Å². The van der Waals surface area contributed by atoms with Crippen LogP contribution < -0.4 is 21.7 Å². The number of pyridine rings is 1. The summed E-state index contributed by atoms with van der Waals surface area (Å²) in [5.74, 6) is 0.255. The molecule has 6 nitrogen and oxygen atoms in total. The van der Waals surface area contributed by atoms with Gasteiger partial charge in [0.15, 0.2) is 0 Å². The normalized spacial score (nSPS) is 12.2. The number of fused-ring (bicyclic) bond motifs is 1. The van der Waals surface area contributed by atoms with Crippen molar-refractivity contribution in [2.75, 3.05) is 0 Å². The van der Waals surface area contributed by atoms with E-state index in [1.54, 1.807) is 27.0 Å². The van der Waals surface area contributed by atoms with E-state index in [-0.39, 0.29) is 17.9 Å². The van der Waals surface area contributed by atoms with E-state index in [9.17, 15) is 4.79 Å². The van der Waals surface area contributed by atoms with Crippen molar-refractivity contribution in [2.24, 2.45) is 11.7 Å². The lowest BCUT2D eigenvalue weighted by Crippen LogP contribution is -2.42. The number of rotatable bonds is 3. The minimum atomic E-state index is -0.500. The molecule has 1 heterocycles. The van der Waals surface area contributed by atoms with Crippen LogP contribution in [-0.4, -0.2) is 27.3 Å². The first-order valence-corrected chi connectivity index (χ1v) is 12.2. The first-order valence-electron chi connectivity index (χ1n) is 12.2. The summed E-state index contributed by atoms with van der Waals surface area (Å²) in [6.45, 7) is 17.6. The smallest absolute Gasteiger partial charge is 0.290 e. The van der Waals surface area contributed by atoms with E-state index in [0.29, 0.717) is 5.22 Å². The topological polar surface area (TPSA) is 116 Å². The molecule has 0 radical (unpaired) electrons. The Bertz CT molecular complexity index is 1350. The van der Waals surface area contributed by atoms with Crippen LogP contribution in [0.4, 0.5) is 0 Å². The van der Waals surface area contributed by atoms with Crippen LogP contribution >= 0.6 is 0 Å². The molecular formula is C30H42N2O4. The molecule has 0 amide bonds. The maximum atomic E-state index is 12.8. The largest absolute Gasteiger partial charge is 0.483 e. The van der Waals surface area contributed by atoms with Gasteiger partial charge in [-0.05, 0) is 81.7 Å². The number of hydrogen-bond donors (Lipinski definition) is 4. The number of aliphatic hydroxyl groups is 1. The molecule has 0 aliphatic rings. The van der Waals surface area contributed by atoms with Crippen LogP contribution in [0.25, 0.3) is 34.3 Å². The Balaban J connectivity index is 0.000000709. The summed E-state index contributed by atoms with van der Waals surface area (Å²) in [7, 11) is 0. The van der Waals surface area contributed by atoms with Crippen molar-refractivity contribution in [3.05, 3.63) is 67.3 Å². The summed E-state index contributed by atoms with van der Waals surface area (Å²) < 4.78 is 0. The zero-order valence-corrected chi connectivity index (χ0v) is 23.1. The number of nitrogens with one attached hydrogen (secondary N) is 1. The number of benzene rings is 2. The highest BCUT2D eigenvalue weighted by atomic mass is 16.3. The van der Waals surface area contributed by atoms with Gasteiger partial charge in [0.05, 0.1) is 11.1 Å². The lowest BCUT2D eigenvalue weighted by atomic mass is 9.86. The molecule has 36 heavy (non-hydrogen) atoms. The van der Waals surface area contributed by atoms with Gasteiger partial charge >= 0.3 is 0 Å². The summed E-state index contributed by atoms with van der Waals surface area (Å²) in [6.07, 6.45) is 4.48. The lowest BCUT2D eigenvalue weighted by Gasteiger charge is -2.19. The van der Waals surface area contributed by atoms with Crippen LogP contribution in [0.15, 0.2) is 29.1 Å². The fraction of sp³-hybridized carbons (Fsp3) is 0.400. The molecule has 0 saturated carbocycles. The summed E-state index contributed by atoms with van der Waals surface area (Å²) in [6, 6.07) is 8.66. The van der Waals surface area contributed by atoms with Crippen molar-refractivity contribution >= 4 is 29.7 Å². The number of hydrogen-bond acceptors (Lipinski definition) is 4. The third kappa shape index (κ3) is 7.82. The zero-order chi connectivity index (χ0) is 27.8. The van der Waals surface area contributed by atoms with Gasteiger partial charge in [-0.3, -0.25) is 9.59 Å². The number of aromatic nitrogens is 1. The van der Waals surface area contributed by atoms with Crippen LogP contribution in [-0.2, 0) is 11.2 Å². The third-order valence-electron chi connectivity index (χ3n) is 5.53. The first kappa shape index (κ1) is 30.7. The van der Waals surface area contributed by atoms with Crippen LogP contribution in [0, 0.1) is 26.7 Å². The van der Waals surface area contributed by atoms with Gasteiger partial charge in [0, 0.05) is 22.0 Å². The van der Waals surface area contributed by atoms with Crippen molar-refractivity contribution in [3.8, 4) is 11.1 Å². The molecule has 0 atom stereocenters. The van der Waals surface area contributed by atoms with E-state index in [4.69, 9.17) is 20.7 Å². The number of nitrogens with two attached hydrogens (primary N) is 1. The SMILES string of the molecule is CC(C)(C)O.CCc1c(-c2ccc(C)cc2)c(C)c2c(=C/N)/c(=C\C(C)C)c(=O)[nH]c2c1C.O=CO. The first-order chi connectivity index (χ1) is 16.7. The molecule has 0 spiro atoms. The predicted octanol–water partition coefficient (Wildman–Crippen LogP) is 4.29. The van der Waals surface area contributed by atoms with Gasteiger partial charge in [0.2, 0.25) is 0 Å². The Morgan fingerprint density at radius 3 is 1.94 bits per heavy atom. The van der Waals surface area contributed by atoms with Gasteiger partial charge in [-0.15, -0.1) is 0 Å². The van der Waals surface area contributed by atoms with Gasteiger partial charge in [-0.25, -0.2) is 0 Å². The number of carbonyl (C=O) groups is 1. The van der Waals surface area contributed by atoms with Crippen LogP contribution in [0.3, 0.4) is 0 Å². The van der Waals surface area contributed by atoms with Crippen molar-refractivity contribution < 1.29 is 15.0 Å². The molecule has 0 unspecified atom stereocenters. The van der Waals surface area contributed by atoms with Gasteiger partial charge < -0.3 is 20.9 Å². The second kappa shape index (κ2) is 13.1. The molecule has 196 valence electrons. The van der Waals surface area contributed by atoms with Crippen LogP contribution in [0.1, 0.15) is 63.8 Å². The molecule has 0 aliphatic heterocycles.